The van der Waals surface area contributed by atoms with E-state index in [9.17, 15) is 0 Å². The molecule has 1 fully saturated rings. The second-order valence-electron chi connectivity index (χ2n) is 5.27. The van der Waals surface area contributed by atoms with Gasteiger partial charge in [0.15, 0.2) is 0 Å². The van der Waals surface area contributed by atoms with Gasteiger partial charge in [-0.3, -0.25) is 4.68 Å². The predicted molar refractivity (Wildman–Crippen MR) is 63.9 cm³/mol. The van der Waals surface area contributed by atoms with Crippen LogP contribution in [0.2, 0.25) is 0 Å². The first-order chi connectivity index (χ1) is 7.61. The number of rotatable bonds is 3. The molecule has 0 saturated heterocycles. The molecular weight excluding hydrogens is 200 g/mol. The molecule has 0 atom stereocenters. The molecule has 90 valence electrons. The standard InChI is InChI=1S/C12H22N4/c1-3-10-4-6-12(13,7-5-10)8-11-9-16(2)15-14-11/h9-10H,3-8,13H2,1-2H3. The van der Waals surface area contributed by atoms with E-state index in [2.05, 4.69) is 17.2 Å². The zero-order valence-electron chi connectivity index (χ0n) is 10.3. The van der Waals surface area contributed by atoms with Crippen LogP contribution in [0.5, 0.6) is 0 Å². The second kappa shape index (κ2) is 4.53. The molecule has 4 nitrogen and oxygen atoms in total. The number of hydrogen-bond donors (Lipinski definition) is 1. The van der Waals surface area contributed by atoms with Gasteiger partial charge in [0.05, 0.1) is 5.69 Å². The van der Waals surface area contributed by atoms with Crippen LogP contribution in [0, 0.1) is 5.92 Å². The molecule has 0 spiro atoms. The van der Waals surface area contributed by atoms with Gasteiger partial charge >= 0.3 is 0 Å². The van der Waals surface area contributed by atoms with Gasteiger partial charge in [-0.2, -0.15) is 0 Å². The Labute approximate surface area is 97.2 Å². The summed E-state index contributed by atoms with van der Waals surface area (Å²) in [6, 6.07) is 0. The largest absolute Gasteiger partial charge is 0.325 e. The van der Waals surface area contributed by atoms with Crippen molar-refractivity contribution in [2.75, 3.05) is 0 Å². The summed E-state index contributed by atoms with van der Waals surface area (Å²) in [4.78, 5) is 0. The highest BCUT2D eigenvalue weighted by Gasteiger charge is 2.31. The molecule has 0 aromatic carbocycles. The molecule has 2 rings (SSSR count). The molecule has 1 aliphatic rings. The lowest BCUT2D eigenvalue weighted by Gasteiger charge is -2.36. The lowest BCUT2D eigenvalue weighted by atomic mass is 9.74. The van der Waals surface area contributed by atoms with Crippen molar-refractivity contribution in [1.29, 1.82) is 0 Å². The Morgan fingerprint density at radius 1 is 1.50 bits per heavy atom. The first-order valence-electron chi connectivity index (χ1n) is 6.25. The molecule has 16 heavy (non-hydrogen) atoms. The van der Waals surface area contributed by atoms with Crippen molar-refractivity contribution in [3.05, 3.63) is 11.9 Å². The van der Waals surface area contributed by atoms with Crippen molar-refractivity contribution in [3.8, 4) is 0 Å². The highest BCUT2D eigenvalue weighted by atomic mass is 15.4. The van der Waals surface area contributed by atoms with Gasteiger partial charge in [-0.1, -0.05) is 18.6 Å². The molecule has 1 aromatic heterocycles. The summed E-state index contributed by atoms with van der Waals surface area (Å²) >= 11 is 0. The first kappa shape index (κ1) is 11.6. The Morgan fingerprint density at radius 2 is 2.19 bits per heavy atom. The molecule has 0 amide bonds. The van der Waals surface area contributed by atoms with E-state index in [1.807, 2.05) is 13.2 Å². The van der Waals surface area contributed by atoms with E-state index in [4.69, 9.17) is 5.73 Å². The maximum atomic E-state index is 6.44. The Balaban J connectivity index is 1.94. The van der Waals surface area contributed by atoms with E-state index in [0.29, 0.717) is 0 Å². The van der Waals surface area contributed by atoms with Crippen LogP contribution in [0.4, 0.5) is 0 Å². The SMILES string of the molecule is CCC1CCC(N)(Cc2cn(C)nn2)CC1. The topological polar surface area (TPSA) is 56.7 Å². The zero-order chi connectivity index (χ0) is 11.6. The summed E-state index contributed by atoms with van der Waals surface area (Å²) in [5.41, 5.74) is 7.43. The number of hydrogen-bond acceptors (Lipinski definition) is 3. The molecule has 1 heterocycles. The smallest absolute Gasteiger partial charge is 0.0845 e. The van der Waals surface area contributed by atoms with Gasteiger partial charge < -0.3 is 5.73 Å². The molecule has 0 bridgehead atoms. The lowest BCUT2D eigenvalue weighted by molar-refractivity contribution is 0.227. The lowest BCUT2D eigenvalue weighted by Crippen LogP contribution is -2.45. The number of aromatic nitrogens is 3. The van der Waals surface area contributed by atoms with Gasteiger partial charge in [0.1, 0.15) is 0 Å². The summed E-state index contributed by atoms with van der Waals surface area (Å²) < 4.78 is 1.75. The Bertz CT molecular complexity index is 337. The molecule has 1 aromatic rings. The van der Waals surface area contributed by atoms with Crippen molar-refractivity contribution in [1.82, 2.24) is 15.0 Å². The van der Waals surface area contributed by atoms with Gasteiger partial charge in [0.2, 0.25) is 0 Å². The predicted octanol–water partition coefficient (Wildman–Crippen LogP) is 1.66. The quantitative estimate of drug-likeness (QED) is 0.846. The summed E-state index contributed by atoms with van der Waals surface area (Å²) in [6.45, 7) is 2.27. The van der Waals surface area contributed by atoms with E-state index in [1.165, 1.54) is 19.3 Å². The van der Waals surface area contributed by atoms with Gasteiger partial charge in [0.25, 0.3) is 0 Å². The average Bonchev–Trinajstić information content (AvgIpc) is 2.64. The Morgan fingerprint density at radius 3 is 2.69 bits per heavy atom. The van der Waals surface area contributed by atoms with Crippen LogP contribution < -0.4 is 5.73 Å². The summed E-state index contributed by atoms with van der Waals surface area (Å²) in [6.07, 6.45) is 8.93. The van der Waals surface area contributed by atoms with Crippen molar-refractivity contribution >= 4 is 0 Å². The highest BCUT2D eigenvalue weighted by molar-refractivity contribution is 5.03. The van der Waals surface area contributed by atoms with Gasteiger partial charge in [-0.05, 0) is 31.6 Å². The molecular formula is C12H22N4. The van der Waals surface area contributed by atoms with Crippen molar-refractivity contribution in [3.63, 3.8) is 0 Å². The molecule has 4 heteroatoms. The van der Waals surface area contributed by atoms with E-state index >= 15 is 0 Å². The number of aryl methyl sites for hydroxylation is 1. The Hall–Kier alpha value is -0.900. The van der Waals surface area contributed by atoms with E-state index in [1.54, 1.807) is 4.68 Å². The van der Waals surface area contributed by atoms with Crippen molar-refractivity contribution in [2.45, 2.75) is 51.0 Å². The van der Waals surface area contributed by atoms with Crippen LogP contribution in [-0.4, -0.2) is 20.5 Å². The average molecular weight is 222 g/mol. The summed E-state index contributed by atoms with van der Waals surface area (Å²) in [5.74, 6) is 0.888. The fraction of sp³-hybridized carbons (Fsp3) is 0.833. The van der Waals surface area contributed by atoms with E-state index in [0.717, 1.165) is 30.9 Å². The maximum absolute atomic E-state index is 6.44. The molecule has 1 aliphatic carbocycles. The van der Waals surface area contributed by atoms with Crippen molar-refractivity contribution in [2.24, 2.45) is 18.7 Å². The molecule has 0 aliphatic heterocycles. The zero-order valence-corrected chi connectivity index (χ0v) is 10.3. The minimum atomic E-state index is -0.0400. The molecule has 0 unspecified atom stereocenters. The van der Waals surface area contributed by atoms with Gasteiger partial charge in [0, 0.05) is 25.2 Å². The van der Waals surface area contributed by atoms with Gasteiger partial charge in [-0.15, -0.1) is 5.10 Å². The number of nitrogens with zero attached hydrogens (tertiary/aromatic N) is 3. The minimum absolute atomic E-state index is 0.0400. The normalized spacial score (nSPS) is 30.6. The third-order valence-electron chi connectivity index (χ3n) is 3.86. The van der Waals surface area contributed by atoms with Gasteiger partial charge in [-0.25, -0.2) is 0 Å². The highest BCUT2D eigenvalue weighted by Crippen LogP contribution is 2.33. The molecule has 2 N–H and O–H groups in total. The monoisotopic (exact) mass is 222 g/mol. The third-order valence-corrected chi connectivity index (χ3v) is 3.86. The second-order valence-corrected chi connectivity index (χ2v) is 5.27. The molecule has 0 radical (unpaired) electrons. The fourth-order valence-electron chi connectivity index (χ4n) is 2.67. The van der Waals surface area contributed by atoms with Crippen LogP contribution in [0.15, 0.2) is 6.20 Å². The molecule has 1 saturated carbocycles. The first-order valence-corrected chi connectivity index (χ1v) is 6.25. The van der Waals surface area contributed by atoms with Crippen LogP contribution in [-0.2, 0) is 13.5 Å². The minimum Gasteiger partial charge on any atom is -0.325 e. The van der Waals surface area contributed by atoms with Crippen LogP contribution >= 0.6 is 0 Å². The summed E-state index contributed by atoms with van der Waals surface area (Å²) in [5, 5.41) is 8.08. The maximum Gasteiger partial charge on any atom is 0.0845 e. The van der Waals surface area contributed by atoms with Crippen LogP contribution in [0.1, 0.15) is 44.7 Å². The van der Waals surface area contributed by atoms with E-state index in [-0.39, 0.29) is 5.54 Å². The number of nitrogens with two attached hydrogens (primary N) is 1. The van der Waals surface area contributed by atoms with Crippen molar-refractivity contribution < 1.29 is 0 Å². The fourth-order valence-corrected chi connectivity index (χ4v) is 2.67. The summed E-state index contributed by atoms with van der Waals surface area (Å²) in [7, 11) is 1.90. The Kier molecular flexibility index (Phi) is 3.28. The van der Waals surface area contributed by atoms with E-state index < -0.39 is 0 Å². The van der Waals surface area contributed by atoms with Crippen LogP contribution in [0.25, 0.3) is 0 Å². The third kappa shape index (κ3) is 2.61. The van der Waals surface area contributed by atoms with Crippen LogP contribution in [0.3, 0.4) is 0 Å².